The summed E-state index contributed by atoms with van der Waals surface area (Å²) >= 11 is 0. The van der Waals surface area contributed by atoms with Crippen LogP contribution in [0.5, 0.6) is 0 Å². The number of aliphatic hydroxyl groups is 1. The van der Waals surface area contributed by atoms with Gasteiger partial charge in [0.2, 0.25) is 11.8 Å². The van der Waals surface area contributed by atoms with Crippen LogP contribution in [-0.4, -0.2) is 34.5 Å². The predicted octanol–water partition coefficient (Wildman–Crippen LogP) is 9.49. The highest BCUT2D eigenvalue weighted by molar-refractivity contribution is 5.93. The van der Waals surface area contributed by atoms with Crippen LogP contribution in [0.25, 0.3) is 11.1 Å². The van der Waals surface area contributed by atoms with Crippen molar-refractivity contribution in [2.24, 2.45) is 0 Å². The van der Waals surface area contributed by atoms with Crippen LogP contribution >= 0.6 is 0 Å². The molecule has 3 atom stereocenters. The van der Waals surface area contributed by atoms with Gasteiger partial charge in [0, 0.05) is 51.0 Å². The van der Waals surface area contributed by atoms with E-state index in [1.165, 1.54) is 11.1 Å². The average molecular weight is 803 g/mol. The lowest BCUT2D eigenvalue weighted by atomic mass is 9.97. The molecule has 9 heteroatoms. The summed E-state index contributed by atoms with van der Waals surface area (Å²) in [6.45, 7) is 2.67. The van der Waals surface area contributed by atoms with Gasteiger partial charge in [-0.1, -0.05) is 146 Å². The Bertz CT molecular complexity index is 2230. The van der Waals surface area contributed by atoms with E-state index in [-0.39, 0.29) is 30.6 Å². The molecule has 1 saturated heterocycles. The summed E-state index contributed by atoms with van der Waals surface area (Å²) in [5.41, 5.74) is 15.4. The molecule has 1 aliphatic rings. The number of nitrogens with one attached hydrogen (secondary N) is 2. The molecule has 6 aromatic carbocycles. The molecule has 0 bridgehead atoms. The minimum absolute atomic E-state index is 0.00999. The fraction of sp³-hybridized carbons (Fsp3) is 0.255. The van der Waals surface area contributed by atoms with Crippen molar-refractivity contribution < 1.29 is 24.2 Å². The molecule has 1 fully saturated rings. The zero-order valence-corrected chi connectivity index (χ0v) is 33.9. The van der Waals surface area contributed by atoms with Gasteiger partial charge in [-0.25, -0.2) is 0 Å². The molecule has 5 N–H and O–H groups in total. The summed E-state index contributed by atoms with van der Waals surface area (Å²) in [6, 6.07) is 52.6. The number of amides is 2. The van der Waals surface area contributed by atoms with Gasteiger partial charge >= 0.3 is 0 Å². The summed E-state index contributed by atoms with van der Waals surface area (Å²) in [5, 5.41) is 15.6. The highest BCUT2D eigenvalue weighted by Gasteiger charge is 2.33. The number of benzene rings is 6. The van der Waals surface area contributed by atoms with E-state index >= 15 is 0 Å². The first-order valence-electron chi connectivity index (χ1n) is 20.8. The fourth-order valence-corrected chi connectivity index (χ4v) is 7.64. The number of nitrogen functional groups attached to an aromatic ring is 1. The molecule has 6 aromatic rings. The van der Waals surface area contributed by atoms with Crippen LogP contribution in [0.2, 0.25) is 0 Å². The average Bonchev–Trinajstić information content (AvgIpc) is 3.28. The summed E-state index contributed by atoms with van der Waals surface area (Å²) < 4.78 is 13.5. The standard InChI is InChI=1S/C51H54N4O5/c52-46-19-9-10-20-47(46)54-50(58)22-12-11-21-49(57)53-32-43-17-7-8-18-45(43)40-27-29-42(30-28-40)51-59-44(31-48(60-51)41-25-23-39(36-56)24-26-41)35-55(33-37-13-3-1-4-14-37)34-38-15-5-2-6-16-38/h1-10,13-20,23-30,44,48,51,56H,11-12,21-22,31-36,52H2,(H,53,57)(H,54,58). The number of para-hydroxylation sites is 2. The second kappa shape index (κ2) is 21.2. The molecule has 0 spiro atoms. The smallest absolute Gasteiger partial charge is 0.224 e. The van der Waals surface area contributed by atoms with Crippen molar-refractivity contribution in [3.63, 3.8) is 0 Å². The van der Waals surface area contributed by atoms with Gasteiger partial charge in [-0.05, 0) is 63.9 Å². The van der Waals surface area contributed by atoms with Crippen LogP contribution in [0.1, 0.15) is 77.9 Å². The van der Waals surface area contributed by atoms with Crippen molar-refractivity contribution in [3.8, 4) is 11.1 Å². The number of hydrogen-bond donors (Lipinski definition) is 4. The summed E-state index contributed by atoms with van der Waals surface area (Å²) in [5.74, 6) is -0.173. The number of aliphatic hydroxyl groups excluding tert-OH is 1. The number of carbonyl (C=O) groups excluding carboxylic acids is 2. The van der Waals surface area contributed by atoms with Crippen molar-refractivity contribution in [3.05, 3.63) is 191 Å². The molecule has 0 aromatic heterocycles. The zero-order chi connectivity index (χ0) is 41.5. The van der Waals surface area contributed by atoms with E-state index in [4.69, 9.17) is 15.2 Å². The minimum atomic E-state index is -0.590. The molecule has 308 valence electrons. The third-order valence-corrected chi connectivity index (χ3v) is 10.9. The Hall–Kier alpha value is -6.10. The third kappa shape index (κ3) is 12.0. The van der Waals surface area contributed by atoms with Crippen LogP contribution in [0.4, 0.5) is 11.4 Å². The normalized spacial score (nSPS) is 16.3. The summed E-state index contributed by atoms with van der Waals surface area (Å²) in [7, 11) is 0. The Morgan fingerprint density at radius 1 is 0.650 bits per heavy atom. The Balaban J connectivity index is 0.999. The molecule has 1 aliphatic heterocycles. The molecule has 0 aliphatic carbocycles. The second-order valence-corrected chi connectivity index (χ2v) is 15.4. The van der Waals surface area contributed by atoms with Crippen LogP contribution in [0.3, 0.4) is 0 Å². The second-order valence-electron chi connectivity index (χ2n) is 15.4. The number of anilines is 2. The predicted molar refractivity (Wildman–Crippen MR) is 237 cm³/mol. The van der Waals surface area contributed by atoms with Gasteiger partial charge in [0.25, 0.3) is 0 Å². The lowest BCUT2D eigenvalue weighted by Crippen LogP contribution is -2.39. The monoisotopic (exact) mass is 802 g/mol. The maximum atomic E-state index is 12.8. The number of carbonyl (C=O) groups is 2. The van der Waals surface area contributed by atoms with Gasteiger partial charge < -0.3 is 30.9 Å². The van der Waals surface area contributed by atoms with Gasteiger partial charge in [-0.2, -0.15) is 0 Å². The number of unbranched alkanes of at least 4 members (excludes halogenated alkanes) is 1. The Morgan fingerprint density at radius 3 is 1.92 bits per heavy atom. The van der Waals surface area contributed by atoms with E-state index in [0.717, 1.165) is 46.5 Å². The Labute approximate surface area is 353 Å². The third-order valence-electron chi connectivity index (χ3n) is 10.9. The molecule has 7 rings (SSSR count). The van der Waals surface area contributed by atoms with Crippen molar-refractivity contribution in [1.29, 1.82) is 0 Å². The molecule has 9 nitrogen and oxygen atoms in total. The molecule has 1 heterocycles. The van der Waals surface area contributed by atoms with Crippen LogP contribution in [-0.2, 0) is 45.3 Å². The number of ether oxygens (including phenoxy) is 2. The van der Waals surface area contributed by atoms with E-state index < -0.39 is 6.29 Å². The van der Waals surface area contributed by atoms with Crippen molar-refractivity contribution in [1.82, 2.24) is 10.2 Å². The van der Waals surface area contributed by atoms with Crippen molar-refractivity contribution in [2.45, 2.75) is 76.8 Å². The molecule has 60 heavy (non-hydrogen) atoms. The summed E-state index contributed by atoms with van der Waals surface area (Å²) in [4.78, 5) is 27.7. The number of nitrogens with two attached hydrogens (primary N) is 1. The first-order chi connectivity index (χ1) is 29.4. The van der Waals surface area contributed by atoms with Crippen molar-refractivity contribution in [2.75, 3.05) is 17.6 Å². The van der Waals surface area contributed by atoms with E-state index in [1.807, 2.05) is 66.7 Å². The zero-order valence-electron chi connectivity index (χ0n) is 33.9. The fourth-order valence-electron chi connectivity index (χ4n) is 7.64. The number of rotatable bonds is 18. The van der Waals surface area contributed by atoms with E-state index in [1.54, 1.807) is 12.1 Å². The molecular formula is C51H54N4O5. The van der Waals surface area contributed by atoms with E-state index in [2.05, 4.69) is 94.4 Å². The lowest BCUT2D eigenvalue weighted by molar-refractivity contribution is -0.253. The SMILES string of the molecule is Nc1ccccc1NC(=O)CCCCC(=O)NCc1ccccc1-c1ccc(C2OC(CN(Cc3ccccc3)Cc3ccccc3)CC(c3ccc(CO)cc3)O2)cc1. The first-order valence-corrected chi connectivity index (χ1v) is 20.8. The largest absolute Gasteiger partial charge is 0.397 e. The number of hydrogen-bond acceptors (Lipinski definition) is 7. The Kier molecular flexibility index (Phi) is 14.9. The summed E-state index contributed by atoms with van der Waals surface area (Å²) in [6.07, 6.45) is 1.63. The van der Waals surface area contributed by atoms with Gasteiger partial charge in [0.1, 0.15) is 0 Å². The van der Waals surface area contributed by atoms with E-state index in [0.29, 0.717) is 56.6 Å². The topological polar surface area (TPSA) is 126 Å². The van der Waals surface area contributed by atoms with Gasteiger partial charge in [-0.15, -0.1) is 0 Å². The lowest BCUT2D eigenvalue weighted by Gasteiger charge is -2.38. The maximum absolute atomic E-state index is 12.8. The first kappa shape index (κ1) is 42.0. The minimum Gasteiger partial charge on any atom is -0.397 e. The van der Waals surface area contributed by atoms with E-state index in [9.17, 15) is 14.7 Å². The highest BCUT2D eigenvalue weighted by Crippen LogP contribution is 2.39. The molecule has 3 unspecified atom stereocenters. The number of nitrogens with zero attached hydrogens (tertiary/aromatic N) is 1. The van der Waals surface area contributed by atoms with Gasteiger partial charge in [-0.3, -0.25) is 14.5 Å². The van der Waals surface area contributed by atoms with Crippen molar-refractivity contribution >= 4 is 23.2 Å². The van der Waals surface area contributed by atoms with Crippen LogP contribution in [0, 0.1) is 0 Å². The molecule has 0 saturated carbocycles. The molecular weight excluding hydrogens is 749 g/mol. The van der Waals surface area contributed by atoms with Crippen LogP contribution < -0.4 is 16.4 Å². The maximum Gasteiger partial charge on any atom is 0.224 e. The quantitative estimate of drug-likeness (QED) is 0.0504. The molecule has 0 radical (unpaired) electrons. The molecule has 2 amide bonds. The van der Waals surface area contributed by atoms with Crippen LogP contribution in [0.15, 0.2) is 158 Å². The highest BCUT2D eigenvalue weighted by atomic mass is 16.7. The Morgan fingerprint density at radius 2 is 1.25 bits per heavy atom. The van der Waals surface area contributed by atoms with Gasteiger partial charge in [0.05, 0.1) is 30.2 Å². The van der Waals surface area contributed by atoms with Gasteiger partial charge in [0.15, 0.2) is 6.29 Å².